The molecule has 0 saturated carbocycles. The number of ether oxygens (including phenoxy) is 1. The average Bonchev–Trinajstić information content (AvgIpc) is 3.01. The fourth-order valence-electron chi connectivity index (χ4n) is 3.08. The van der Waals surface area contributed by atoms with Crippen LogP contribution < -0.4 is 10.1 Å². The van der Waals surface area contributed by atoms with Crippen molar-refractivity contribution < 1.29 is 14.3 Å². The highest BCUT2D eigenvalue weighted by Crippen LogP contribution is 2.21. The van der Waals surface area contributed by atoms with E-state index in [1.54, 1.807) is 12.0 Å². The summed E-state index contributed by atoms with van der Waals surface area (Å²) in [6.45, 7) is 1.41. The fraction of sp³-hybridized carbons (Fsp3) is 0.300. The predicted molar refractivity (Wildman–Crippen MR) is 94.8 cm³/mol. The van der Waals surface area contributed by atoms with Crippen LogP contribution >= 0.6 is 0 Å². The second kappa shape index (κ2) is 7.83. The number of carbonyl (C=O) groups excluding carboxylic acids is 2. The van der Waals surface area contributed by atoms with Crippen LogP contribution in [-0.4, -0.2) is 30.4 Å². The van der Waals surface area contributed by atoms with Crippen LogP contribution in [0.5, 0.6) is 5.75 Å². The lowest BCUT2D eigenvalue weighted by Gasteiger charge is -2.17. The molecule has 0 bridgehead atoms. The number of hydrogen-bond donors (Lipinski definition) is 1. The van der Waals surface area contributed by atoms with E-state index in [4.69, 9.17) is 4.74 Å². The smallest absolute Gasteiger partial charge is 0.225 e. The van der Waals surface area contributed by atoms with E-state index in [2.05, 4.69) is 5.32 Å². The Hall–Kier alpha value is -2.82. The monoisotopic (exact) mass is 338 g/mol. The Morgan fingerprint density at radius 2 is 1.88 bits per heavy atom. The van der Waals surface area contributed by atoms with Crippen molar-refractivity contribution in [2.45, 2.75) is 19.5 Å². The van der Waals surface area contributed by atoms with E-state index in [1.165, 1.54) is 0 Å². The molecular weight excluding hydrogens is 316 g/mol. The van der Waals surface area contributed by atoms with Gasteiger partial charge in [0, 0.05) is 31.6 Å². The van der Waals surface area contributed by atoms with Crippen molar-refractivity contribution in [3.05, 3.63) is 65.7 Å². The molecule has 1 N–H and O–H groups in total. The van der Waals surface area contributed by atoms with Crippen molar-refractivity contribution in [3.8, 4) is 5.75 Å². The van der Waals surface area contributed by atoms with Crippen molar-refractivity contribution in [1.29, 1.82) is 0 Å². The summed E-state index contributed by atoms with van der Waals surface area (Å²) in [6, 6.07) is 17.4. The molecule has 0 unspecified atom stereocenters. The van der Waals surface area contributed by atoms with Crippen molar-refractivity contribution in [1.82, 2.24) is 10.2 Å². The Labute approximate surface area is 147 Å². The van der Waals surface area contributed by atoms with Gasteiger partial charge >= 0.3 is 0 Å². The summed E-state index contributed by atoms with van der Waals surface area (Å²) in [4.78, 5) is 26.4. The van der Waals surface area contributed by atoms with Crippen LogP contribution in [0.15, 0.2) is 54.6 Å². The number of hydrogen-bond acceptors (Lipinski definition) is 3. The molecule has 1 aliphatic heterocycles. The fourth-order valence-corrected chi connectivity index (χ4v) is 3.08. The molecule has 1 fully saturated rings. The minimum absolute atomic E-state index is 0.0290. The van der Waals surface area contributed by atoms with E-state index in [0.717, 1.165) is 16.9 Å². The summed E-state index contributed by atoms with van der Waals surface area (Å²) in [6.07, 6.45) is 0.268. The molecule has 1 heterocycles. The molecule has 5 nitrogen and oxygen atoms in total. The number of nitrogens with zero attached hydrogens (tertiary/aromatic N) is 1. The van der Waals surface area contributed by atoms with Crippen molar-refractivity contribution >= 4 is 11.8 Å². The number of para-hydroxylation sites is 1. The summed E-state index contributed by atoms with van der Waals surface area (Å²) >= 11 is 0. The van der Waals surface area contributed by atoms with E-state index in [0.29, 0.717) is 19.6 Å². The number of methoxy groups -OCH3 is 1. The van der Waals surface area contributed by atoms with Gasteiger partial charge in [-0.15, -0.1) is 0 Å². The number of rotatable bonds is 6. The lowest BCUT2D eigenvalue weighted by Crippen LogP contribution is -2.32. The van der Waals surface area contributed by atoms with Gasteiger partial charge in [0.15, 0.2) is 0 Å². The first kappa shape index (κ1) is 17.0. The Kier molecular flexibility index (Phi) is 5.33. The molecule has 0 radical (unpaired) electrons. The molecule has 0 spiro atoms. The molecule has 1 saturated heterocycles. The highest BCUT2D eigenvalue weighted by Gasteiger charge is 2.34. The standard InChI is InChI=1S/C20H22N2O3/c1-25-18-10-6-5-9-16(18)12-21-20(24)17-11-19(23)22(14-17)13-15-7-3-2-4-8-15/h2-10,17H,11-14H2,1H3,(H,21,24)/t17-/m1/s1. The lowest BCUT2D eigenvalue weighted by molar-refractivity contribution is -0.129. The Morgan fingerprint density at radius 3 is 2.64 bits per heavy atom. The zero-order chi connectivity index (χ0) is 17.6. The van der Waals surface area contributed by atoms with Gasteiger partial charge < -0.3 is 15.0 Å². The largest absolute Gasteiger partial charge is 0.496 e. The van der Waals surface area contributed by atoms with Gasteiger partial charge in [-0.3, -0.25) is 9.59 Å². The van der Waals surface area contributed by atoms with E-state index < -0.39 is 0 Å². The van der Waals surface area contributed by atoms with Gasteiger partial charge in [-0.25, -0.2) is 0 Å². The number of nitrogens with one attached hydrogen (secondary N) is 1. The van der Waals surface area contributed by atoms with Crippen LogP contribution in [0.2, 0.25) is 0 Å². The molecule has 2 aromatic carbocycles. The SMILES string of the molecule is COc1ccccc1CNC(=O)[C@@H]1CC(=O)N(Cc2ccccc2)C1. The third-order valence-corrected chi connectivity index (χ3v) is 4.45. The molecule has 130 valence electrons. The first-order chi connectivity index (χ1) is 12.2. The highest BCUT2D eigenvalue weighted by atomic mass is 16.5. The maximum Gasteiger partial charge on any atom is 0.225 e. The van der Waals surface area contributed by atoms with E-state index >= 15 is 0 Å². The van der Waals surface area contributed by atoms with Gasteiger partial charge in [0.25, 0.3) is 0 Å². The minimum atomic E-state index is -0.300. The van der Waals surface area contributed by atoms with Gasteiger partial charge in [0.1, 0.15) is 5.75 Å². The van der Waals surface area contributed by atoms with E-state index in [9.17, 15) is 9.59 Å². The maximum absolute atomic E-state index is 12.4. The zero-order valence-electron chi connectivity index (χ0n) is 14.3. The van der Waals surface area contributed by atoms with Crippen molar-refractivity contribution in [3.63, 3.8) is 0 Å². The van der Waals surface area contributed by atoms with Gasteiger partial charge in [-0.2, -0.15) is 0 Å². The number of likely N-dealkylation sites (tertiary alicyclic amines) is 1. The summed E-state index contributed by atoms with van der Waals surface area (Å²) < 4.78 is 5.29. The molecule has 0 aromatic heterocycles. The van der Waals surface area contributed by atoms with Crippen LogP contribution in [0.25, 0.3) is 0 Å². The summed E-state index contributed by atoms with van der Waals surface area (Å²) in [5, 5.41) is 2.92. The van der Waals surface area contributed by atoms with Gasteiger partial charge in [0.05, 0.1) is 13.0 Å². The van der Waals surface area contributed by atoms with Crippen LogP contribution in [0.4, 0.5) is 0 Å². The lowest BCUT2D eigenvalue weighted by atomic mass is 10.1. The molecule has 1 aliphatic rings. The second-order valence-corrected chi connectivity index (χ2v) is 6.19. The van der Waals surface area contributed by atoms with Crippen LogP contribution in [0.1, 0.15) is 17.5 Å². The predicted octanol–water partition coefficient (Wildman–Crippen LogP) is 2.36. The molecule has 3 rings (SSSR count). The van der Waals surface area contributed by atoms with Gasteiger partial charge in [0.2, 0.25) is 11.8 Å². The van der Waals surface area contributed by atoms with Crippen LogP contribution in [0, 0.1) is 5.92 Å². The molecule has 1 atom stereocenters. The average molecular weight is 338 g/mol. The van der Waals surface area contributed by atoms with Crippen molar-refractivity contribution in [2.75, 3.05) is 13.7 Å². The maximum atomic E-state index is 12.4. The van der Waals surface area contributed by atoms with Gasteiger partial charge in [-0.05, 0) is 11.6 Å². The van der Waals surface area contributed by atoms with Crippen molar-refractivity contribution in [2.24, 2.45) is 5.92 Å². The Balaban J connectivity index is 1.55. The quantitative estimate of drug-likeness (QED) is 0.880. The van der Waals surface area contributed by atoms with Crippen LogP contribution in [0.3, 0.4) is 0 Å². The second-order valence-electron chi connectivity index (χ2n) is 6.19. The zero-order valence-corrected chi connectivity index (χ0v) is 14.3. The topological polar surface area (TPSA) is 58.6 Å². The first-order valence-corrected chi connectivity index (χ1v) is 8.38. The molecule has 25 heavy (non-hydrogen) atoms. The summed E-state index contributed by atoms with van der Waals surface area (Å²) in [5.41, 5.74) is 2.00. The molecule has 5 heteroatoms. The third-order valence-electron chi connectivity index (χ3n) is 4.45. The van der Waals surface area contributed by atoms with Gasteiger partial charge in [-0.1, -0.05) is 48.5 Å². The summed E-state index contributed by atoms with van der Waals surface area (Å²) in [5.74, 6) is 0.387. The molecule has 0 aliphatic carbocycles. The Bertz CT molecular complexity index is 746. The third kappa shape index (κ3) is 4.18. The van der Waals surface area contributed by atoms with Crippen LogP contribution in [-0.2, 0) is 22.7 Å². The van der Waals surface area contributed by atoms with E-state index in [1.807, 2.05) is 54.6 Å². The molecule has 2 aromatic rings. The number of amides is 2. The molecular formula is C20H22N2O3. The number of carbonyl (C=O) groups is 2. The van der Waals surface area contributed by atoms with E-state index in [-0.39, 0.29) is 24.2 Å². The molecule has 2 amide bonds. The minimum Gasteiger partial charge on any atom is -0.496 e. The highest BCUT2D eigenvalue weighted by molar-refractivity contribution is 5.89. The Morgan fingerprint density at radius 1 is 1.16 bits per heavy atom. The summed E-state index contributed by atoms with van der Waals surface area (Å²) in [7, 11) is 1.61. The normalized spacial score (nSPS) is 16.8. The number of benzene rings is 2. The first-order valence-electron chi connectivity index (χ1n) is 8.38.